The van der Waals surface area contributed by atoms with E-state index in [1.54, 1.807) is 12.1 Å². The Morgan fingerprint density at radius 1 is 1.04 bits per heavy atom. The van der Waals surface area contributed by atoms with Crippen molar-refractivity contribution < 1.29 is 14.3 Å². The van der Waals surface area contributed by atoms with Crippen molar-refractivity contribution in [2.24, 2.45) is 0 Å². The van der Waals surface area contributed by atoms with Crippen molar-refractivity contribution in [1.82, 2.24) is 4.98 Å². The maximum atomic E-state index is 12.2. The van der Waals surface area contributed by atoms with Crippen molar-refractivity contribution in [3.63, 3.8) is 0 Å². The molecule has 0 spiro atoms. The third-order valence-corrected chi connectivity index (χ3v) is 4.52. The molecule has 0 aliphatic rings. The molecule has 1 amide bonds. The molecule has 2 aromatic carbocycles. The van der Waals surface area contributed by atoms with Crippen LogP contribution in [0, 0.1) is 0 Å². The molecule has 0 aliphatic heterocycles. The lowest BCUT2D eigenvalue weighted by molar-refractivity contribution is -0.119. The van der Waals surface area contributed by atoms with Gasteiger partial charge in [0.25, 0.3) is 5.91 Å². The molecular weight excluding hydrogens is 340 g/mol. The number of nitrogens with zero attached hydrogens (tertiary/aromatic N) is 1. The Bertz CT molecular complexity index is 968. The number of hydrogen-bond donors (Lipinski definition) is 1. The van der Waals surface area contributed by atoms with Crippen LogP contribution in [0.3, 0.4) is 0 Å². The predicted octanol–water partition coefficient (Wildman–Crippen LogP) is 4.54. The summed E-state index contributed by atoms with van der Waals surface area (Å²) >= 11 is 0. The highest BCUT2D eigenvalue weighted by Crippen LogP contribution is 2.26. The number of esters is 1. The van der Waals surface area contributed by atoms with E-state index in [4.69, 9.17) is 4.74 Å². The monoisotopic (exact) mass is 362 g/mol. The van der Waals surface area contributed by atoms with E-state index in [1.807, 2.05) is 48.5 Å². The second kappa shape index (κ2) is 8.45. The Hall–Kier alpha value is -3.21. The Morgan fingerprint density at radius 2 is 1.78 bits per heavy atom. The van der Waals surface area contributed by atoms with Crippen LogP contribution in [0.2, 0.25) is 0 Å². The number of rotatable bonds is 6. The first-order valence-electron chi connectivity index (χ1n) is 9.00. The van der Waals surface area contributed by atoms with Crippen LogP contribution >= 0.6 is 0 Å². The fourth-order valence-corrected chi connectivity index (χ4v) is 2.83. The van der Waals surface area contributed by atoms with Crippen LogP contribution in [0.1, 0.15) is 42.2 Å². The smallest absolute Gasteiger partial charge is 0.357 e. The summed E-state index contributed by atoms with van der Waals surface area (Å²) in [5.41, 5.74) is 2.70. The number of pyridine rings is 1. The maximum absolute atomic E-state index is 12.2. The lowest BCUT2D eigenvalue weighted by atomic mass is 9.97. The van der Waals surface area contributed by atoms with Crippen molar-refractivity contribution in [1.29, 1.82) is 0 Å². The van der Waals surface area contributed by atoms with Crippen LogP contribution in [0.15, 0.2) is 60.7 Å². The Balaban J connectivity index is 1.62. The van der Waals surface area contributed by atoms with Crippen molar-refractivity contribution in [2.45, 2.75) is 26.2 Å². The third-order valence-electron chi connectivity index (χ3n) is 4.52. The minimum absolute atomic E-state index is 0.182. The molecule has 1 N–H and O–H groups in total. The third kappa shape index (κ3) is 4.50. The highest BCUT2D eigenvalue weighted by Gasteiger charge is 2.14. The van der Waals surface area contributed by atoms with Crippen LogP contribution in [-0.4, -0.2) is 23.5 Å². The largest absolute Gasteiger partial charge is 0.451 e. The first kappa shape index (κ1) is 18.6. The number of nitrogens with one attached hydrogen (secondary N) is 1. The fraction of sp³-hybridized carbons (Fsp3) is 0.227. The first-order chi connectivity index (χ1) is 13.1. The molecule has 0 saturated heterocycles. The van der Waals surface area contributed by atoms with Gasteiger partial charge in [0, 0.05) is 11.1 Å². The minimum Gasteiger partial charge on any atom is -0.451 e. The zero-order chi connectivity index (χ0) is 19.2. The zero-order valence-corrected chi connectivity index (χ0v) is 15.4. The average molecular weight is 362 g/mol. The van der Waals surface area contributed by atoms with Crippen LogP contribution < -0.4 is 5.32 Å². The number of para-hydroxylation sites is 2. The molecule has 3 aromatic rings. The van der Waals surface area contributed by atoms with Gasteiger partial charge in [-0.25, -0.2) is 9.78 Å². The number of hydrogen-bond acceptors (Lipinski definition) is 4. The van der Waals surface area contributed by atoms with Crippen LogP contribution in [-0.2, 0) is 9.53 Å². The van der Waals surface area contributed by atoms with Gasteiger partial charge in [-0.2, -0.15) is 0 Å². The Kier molecular flexibility index (Phi) is 5.81. The summed E-state index contributed by atoms with van der Waals surface area (Å²) in [5.74, 6) is -0.670. The maximum Gasteiger partial charge on any atom is 0.357 e. The van der Waals surface area contributed by atoms with E-state index in [-0.39, 0.29) is 18.2 Å². The number of amides is 1. The van der Waals surface area contributed by atoms with E-state index in [9.17, 15) is 9.59 Å². The Labute approximate surface area is 158 Å². The number of fused-ring (bicyclic) bond motifs is 1. The second-order valence-corrected chi connectivity index (χ2v) is 6.41. The summed E-state index contributed by atoms with van der Waals surface area (Å²) < 4.78 is 5.12. The van der Waals surface area contributed by atoms with Crippen molar-refractivity contribution in [3.8, 4) is 0 Å². The van der Waals surface area contributed by atoms with E-state index in [2.05, 4.69) is 24.1 Å². The van der Waals surface area contributed by atoms with Gasteiger partial charge in [-0.3, -0.25) is 4.79 Å². The topological polar surface area (TPSA) is 68.3 Å². The fourth-order valence-electron chi connectivity index (χ4n) is 2.83. The van der Waals surface area contributed by atoms with E-state index < -0.39 is 5.97 Å². The van der Waals surface area contributed by atoms with Gasteiger partial charge in [0.1, 0.15) is 5.69 Å². The van der Waals surface area contributed by atoms with Gasteiger partial charge in [0.15, 0.2) is 6.61 Å². The van der Waals surface area contributed by atoms with Gasteiger partial charge in [0.2, 0.25) is 0 Å². The van der Waals surface area contributed by atoms with Crippen LogP contribution in [0.4, 0.5) is 5.69 Å². The highest BCUT2D eigenvalue weighted by atomic mass is 16.5. The molecular formula is C22H22N2O3. The highest BCUT2D eigenvalue weighted by molar-refractivity contribution is 5.96. The molecule has 0 aliphatic carbocycles. The van der Waals surface area contributed by atoms with Gasteiger partial charge >= 0.3 is 5.97 Å². The molecule has 138 valence electrons. The molecule has 3 rings (SSSR count). The van der Waals surface area contributed by atoms with E-state index in [0.717, 1.165) is 23.1 Å². The van der Waals surface area contributed by atoms with E-state index in [1.165, 1.54) is 0 Å². The minimum atomic E-state index is -0.619. The van der Waals surface area contributed by atoms with Gasteiger partial charge in [-0.1, -0.05) is 56.3 Å². The summed E-state index contributed by atoms with van der Waals surface area (Å²) in [6.45, 7) is 3.85. The van der Waals surface area contributed by atoms with Crippen molar-refractivity contribution in [2.75, 3.05) is 11.9 Å². The predicted molar refractivity (Wildman–Crippen MR) is 106 cm³/mol. The summed E-state index contributed by atoms with van der Waals surface area (Å²) in [4.78, 5) is 28.7. The van der Waals surface area contributed by atoms with E-state index in [0.29, 0.717) is 11.4 Å². The summed E-state index contributed by atoms with van der Waals surface area (Å²) in [7, 11) is 0. The average Bonchev–Trinajstić information content (AvgIpc) is 2.71. The SMILES string of the molecule is CC[C@@H](C)c1ccccc1NC(=O)COC(=O)c1ccc2ccccc2n1. The number of anilines is 1. The Morgan fingerprint density at radius 3 is 2.59 bits per heavy atom. The van der Waals surface area contributed by atoms with Gasteiger partial charge in [-0.15, -0.1) is 0 Å². The quantitative estimate of drug-likeness (QED) is 0.654. The molecule has 0 unspecified atom stereocenters. The van der Waals surface area contributed by atoms with E-state index >= 15 is 0 Å². The molecule has 5 nitrogen and oxygen atoms in total. The number of carbonyl (C=O) groups is 2. The van der Waals surface area contributed by atoms with Gasteiger partial charge in [-0.05, 0) is 36.1 Å². The van der Waals surface area contributed by atoms with Gasteiger partial charge < -0.3 is 10.1 Å². The standard InChI is InChI=1S/C22H22N2O3/c1-3-15(2)17-9-5-7-11-19(17)24-21(25)14-27-22(26)20-13-12-16-8-4-6-10-18(16)23-20/h4-13,15H,3,14H2,1-2H3,(H,24,25)/t15-/m1/s1. The number of carbonyl (C=O) groups excluding carboxylic acids is 2. The number of ether oxygens (including phenoxy) is 1. The second-order valence-electron chi connectivity index (χ2n) is 6.41. The normalized spacial score (nSPS) is 11.8. The van der Waals surface area contributed by atoms with Crippen molar-refractivity contribution >= 4 is 28.5 Å². The molecule has 0 fully saturated rings. The molecule has 1 atom stereocenters. The lowest BCUT2D eigenvalue weighted by Crippen LogP contribution is -2.22. The van der Waals surface area contributed by atoms with Crippen molar-refractivity contribution in [3.05, 3.63) is 71.9 Å². The number of aromatic nitrogens is 1. The zero-order valence-electron chi connectivity index (χ0n) is 15.4. The lowest BCUT2D eigenvalue weighted by Gasteiger charge is -2.15. The molecule has 0 radical (unpaired) electrons. The molecule has 1 aromatic heterocycles. The van der Waals surface area contributed by atoms with Gasteiger partial charge in [0.05, 0.1) is 5.52 Å². The molecule has 1 heterocycles. The molecule has 5 heteroatoms. The number of benzene rings is 2. The molecule has 27 heavy (non-hydrogen) atoms. The summed E-state index contributed by atoms with van der Waals surface area (Å²) in [5, 5.41) is 3.76. The van der Waals surface area contributed by atoms with Crippen LogP contribution in [0.25, 0.3) is 10.9 Å². The first-order valence-corrected chi connectivity index (χ1v) is 9.00. The van der Waals surface area contributed by atoms with Crippen LogP contribution in [0.5, 0.6) is 0 Å². The molecule has 0 bridgehead atoms. The summed E-state index contributed by atoms with van der Waals surface area (Å²) in [6, 6.07) is 18.6. The molecule has 0 saturated carbocycles. The summed E-state index contributed by atoms with van der Waals surface area (Å²) in [6.07, 6.45) is 0.968.